The molecule has 1 fully saturated rings. The number of nitrogens with two attached hydrogens (primary N) is 1. The van der Waals surface area contributed by atoms with Gasteiger partial charge in [-0.1, -0.05) is 38.6 Å². The molecule has 39 heavy (non-hydrogen) atoms. The second-order valence-corrected chi connectivity index (χ2v) is 9.57. The van der Waals surface area contributed by atoms with Crippen molar-refractivity contribution in [3.8, 4) is 11.6 Å². The van der Waals surface area contributed by atoms with Crippen molar-refractivity contribution in [2.24, 2.45) is 5.92 Å². The Labute approximate surface area is 226 Å². The SMILES string of the molecule is C=C(C(=O)C(=O)N1CCN(C(=O)c2ccccc2)CC1)c1c(OC)cnc(-n2ccc(C(O)C(C)C)n2)c1N. The Morgan fingerprint density at radius 1 is 1.05 bits per heavy atom. The summed E-state index contributed by atoms with van der Waals surface area (Å²) in [5, 5.41) is 14.7. The molecule has 1 unspecified atom stereocenters. The van der Waals surface area contributed by atoms with Crippen LogP contribution in [0.2, 0.25) is 0 Å². The van der Waals surface area contributed by atoms with Crippen molar-refractivity contribution in [3.63, 3.8) is 0 Å². The molecule has 1 aliphatic rings. The number of amides is 2. The lowest BCUT2D eigenvalue weighted by molar-refractivity contribution is -0.142. The molecule has 2 aromatic heterocycles. The number of ketones is 1. The van der Waals surface area contributed by atoms with Crippen LogP contribution in [0.25, 0.3) is 11.4 Å². The molecule has 11 nitrogen and oxygen atoms in total. The van der Waals surface area contributed by atoms with Crippen LogP contribution in [0, 0.1) is 5.92 Å². The molecule has 3 heterocycles. The highest BCUT2D eigenvalue weighted by molar-refractivity contribution is 6.53. The van der Waals surface area contributed by atoms with E-state index < -0.39 is 17.8 Å². The molecule has 0 aliphatic carbocycles. The molecular weight excluding hydrogens is 500 g/mol. The van der Waals surface area contributed by atoms with E-state index in [4.69, 9.17) is 10.5 Å². The minimum absolute atomic E-state index is 0.0486. The minimum atomic E-state index is -0.837. The average Bonchev–Trinajstić information content (AvgIpc) is 3.45. The molecule has 4 rings (SSSR count). The molecule has 11 heteroatoms. The van der Waals surface area contributed by atoms with Gasteiger partial charge in [-0.25, -0.2) is 9.67 Å². The predicted octanol–water partition coefficient (Wildman–Crippen LogP) is 2.11. The topological polar surface area (TPSA) is 144 Å². The quantitative estimate of drug-likeness (QED) is 0.332. The standard InChI is InChI=1S/C28H32N6O5/c1-17(2)24(35)20-10-11-34(31-20)26-23(29)22(21(39-4)16-30-26)18(3)25(36)28(38)33-14-12-32(13-15-33)27(37)19-8-6-5-7-9-19/h5-11,16-17,24,35H,3,12-15,29H2,1-2,4H3. The van der Waals surface area contributed by atoms with Crippen LogP contribution in [0.15, 0.2) is 55.4 Å². The van der Waals surface area contributed by atoms with Crippen LogP contribution in [0.1, 0.15) is 41.6 Å². The summed E-state index contributed by atoms with van der Waals surface area (Å²) in [5.41, 5.74) is 7.47. The molecule has 0 saturated carbocycles. The number of nitrogen functional groups attached to an aromatic ring is 1. The molecule has 0 radical (unpaired) electrons. The number of anilines is 1. The molecule has 204 valence electrons. The maximum atomic E-state index is 13.3. The van der Waals surface area contributed by atoms with Gasteiger partial charge in [0, 0.05) is 43.5 Å². The van der Waals surface area contributed by atoms with Gasteiger partial charge in [-0.05, 0) is 24.1 Å². The molecule has 3 N–H and O–H groups in total. The number of benzene rings is 1. The van der Waals surface area contributed by atoms with E-state index in [0.29, 0.717) is 24.3 Å². The average molecular weight is 533 g/mol. The van der Waals surface area contributed by atoms with Gasteiger partial charge in [-0.15, -0.1) is 0 Å². The number of Topliss-reactive ketones (excluding diaryl/α,β-unsaturated/α-hetero) is 1. The molecule has 0 bridgehead atoms. The maximum Gasteiger partial charge on any atom is 0.295 e. The first-order valence-electron chi connectivity index (χ1n) is 12.6. The van der Waals surface area contributed by atoms with Gasteiger partial charge >= 0.3 is 0 Å². The summed E-state index contributed by atoms with van der Waals surface area (Å²) >= 11 is 0. The van der Waals surface area contributed by atoms with Crippen molar-refractivity contribution in [3.05, 3.63) is 72.2 Å². The smallest absolute Gasteiger partial charge is 0.295 e. The number of hydrogen-bond acceptors (Lipinski definition) is 8. The van der Waals surface area contributed by atoms with Crippen molar-refractivity contribution < 1.29 is 24.2 Å². The third kappa shape index (κ3) is 5.53. The van der Waals surface area contributed by atoms with E-state index >= 15 is 0 Å². The number of carbonyl (C=O) groups excluding carboxylic acids is 3. The number of piperazine rings is 1. The summed E-state index contributed by atoms with van der Waals surface area (Å²) in [6.07, 6.45) is 2.20. The Bertz CT molecular complexity index is 1390. The summed E-state index contributed by atoms with van der Waals surface area (Å²) in [7, 11) is 1.40. The number of rotatable bonds is 8. The van der Waals surface area contributed by atoms with Gasteiger partial charge in [0.15, 0.2) is 5.82 Å². The van der Waals surface area contributed by atoms with Crippen molar-refractivity contribution >= 4 is 28.9 Å². The van der Waals surface area contributed by atoms with E-state index in [1.165, 1.54) is 22.9 Å². The van der Waals surface area contributed by atoms with Gasteiger partial charge in [-0.3, -0.25) is 14.4 Å². The lowest BCUT2D eigenvalue weighted by Gasteiger charge is -2.34. The predicted molar refractivity (Wildman–Crippen MR) is 145 cm³/mol. The van der Waals surface area contributed by atoms with Crippen LogP contribution in [0.3, 0.4) is 0 Å². The summed E-state index contributed by atoms with van der Waals surface area (Å²) in [4.78, 5) is 46.5. The number of aliphatic hydroxyl groups excluding tert-OH is 1. The largest absolute Gasteiger partial charge is 0.494 e. The number of carbonyl (C=O) groups is 3. The van der Waals surface area contributed by atoms with Crippen LogP contribution in [-0.2, 0) is 9.59 Å². The minimum Gasteiger partial charge on any atom is -0.494 e. The monoisotopic (exact) mass is 532 g/mol. The normalized spacial score (nSPS) is 14.3. The highest BCUT2D eigenvalue weighted by Gasteiger charge is 2.32. The van der Waals surface area contributed by atoms with E-state index in [2.05, 4.69) is 16.7 Å². The molecule has 3 aromatic rings. The summed E-state index contributed by atoms with van der Waals surface area (Å²) in [6.45, 7) is 8.62. The van der Waals surface area contributed by atoms with Crippen LogP contribution in [0.5, 0.6) is 5.75 Å². The van der Waals surface area contributed by atoms with Crippen molar-refractivity contribution in [1.82, 2.24) is 24.6 Å². The van der Waals surface area contributed by atoms with E-state index in [0.717, 1.165) is 0 Å². The lowest BCUT2D eigenvalue weighted by atomic mass is 10.0. The van der Waals surface area contributed by atoms with Crippen LogP contribution in [-0.4, -0.2) is 80.6 Å². The number of aliphatic hydroxyl groups is 1. The first kappa shape index (κ1) is 27.5. The van der Waals surface area contributed by atoms with Gasteiger partial charge in [0.1, 0.15) is 11.9 Å². The highest BCUT2D eigenvalue weighted by Crippen LogP contribution is 2.34. The first-order valence-corrected chi connectivity index (χ1v) is 12.6. The summed E-state index contributed by atoms with van der Waals surface area (Å²) < 4.78 is 6.77. The molecule has 1 aromatic carbocycles. The second kappa shape index (κ2) is 11.5. The van der Waals surface area contributed by atoms with Gasteiger partial charge in [0.2, 0.25) is 0 Å². The van der Waals surface area contributed by atoms with Crippen molar-refractivity contribution in [2.75, 3.05) is 39.0 Å². The Hall–Kier alpha value is -4.51. The van der Waals surface area contributed by atoms with Crippen molar-refractivity contribution in [1.29, 1.82) is 0 Å². The van der Waals surface area contributed by atoms with Crippen LogP contribution >= 0.6 is 0 Å². The molecule has 1 aliphatic heterocycles. The number of aromatic nitrogens is 3. The number of nitrogens with zero attached hydrogens (tertiary/aromatic N) is 5. The van der Waals surface area contributed by atoms with E-state index in [1.54, 1.807) is 41.4 Å². The van der Waals surface area contributed by atoms with E-state index in [9.17, 15) is 19.5 Å². The molecule has 0 spiro atoms. The zero-order valence-corrected chi connectivity index (χ0v) is 22.2. The third-order valence-electron chi connectivity index (χ3n) is 6.69. The van der Waals surface area contributed by atoms with E-state index in [1.807, 2.05) is 19.9 Å². The summed E-state index contributed by atoms with van der Waals surface area (Å²) in [5.74, 6) is -1.38. The van der Waals surface area contributed by atoms with Gasteiger partial charge in [0.25, 0.3) is 17.6 Å². The Balaban J connectivity index is 1.51. The molecule has 2 amide bonds. The van der Waals surface area contributed by atoms with Crippen LogP contribution in [0.4, 0.5) is 5.69 Å². The summed E-state index contributed by atoms with van der Waals surface area (Å²) in [6, 6.07) is 10.6. The zero-order valence-electron chi connectivity index (χ0n) is 22.2. The lowest BCUT2D eigenvalue weighted by Crippen LogP contribution is -2.52. The fourth-order valence-electron chi connectivity index (χ4n) is 4.36. The van der Waals surface area contributed by atoms with E-state index in [-0.39, 0.29) is 53.3 Å². The zero-order chi connectivity index (χ0) is 28.3. The fraction of sp³-hybridized carbons (Fsp3) is 0.321. The fourth-order valence-corrected chi connectivity index (χ4v) is 4.36. The first-order chi connectivity index (χ1) is 18.6. The number of methoxy groups -OCH3 is 1. The van der Waals surface area contributed by atoms with Crippen molar-refractivity contribution in [2.45, 2.75) is 20.0 Å². The van der Waals surface area contributed by atoms with Gasteiger partial charge < -0.3 is 25.4 Å². The molecule has 1 saturated heterocycles. The Morgan fingerprint density at radius 2 is 1.69 bits per heavy atom. The molecule has 1 atom stereocenters. The number of hydrogen-bond donors (Lipinski definition) is 2. The van der Waals surface area contributed by atoms with Gasteiger partial charge in [-0.2, -0.15) is 5.10 Å². The third-order valence-corrected chi connectivity index (χ3v) is 6.69. The number of pyridine rings is 1. The van der Waals surface area contributed by atoms with Gasteiger partial charge in [0.05, 0.1) is 30.3 Å². The van der Waals surface area contributed by atoms with Crippen LogP contribution < -0.4 is 10.5 Å². The Morgan fingerprint density at radius 3 is 2.31 bits per heavy atom. The maximum absolute atomic E-state index is 13.3. The highest BCUT2D eigenvalue weighted by atomic mass is 16.5. The number of ether oxygens (including phenoxy) is 1. The molecular formula is C28H32N6O5. The second-order valence-electron chi connectivity index (χ2n) is 9.57. The Kier molecular flexibility index (Phi) is 8.10.